The predicted molar refractivity (Wildman–Crippen MR) is 113 cm³/mol. The highest BCUT2D eigenvalue weighted by Crippen LogP contribution is 2.24. The summed E-state index contributed by atoms with van der Waals surface area (Å²) < 4.78 is 69.5. The van der Waals surface area contributed by atoms with E-state index in [1.807, 2.05) is 31.2 Å². The molecule has 4 rings (SSSR count). The number of halogens is 5. The van der Waals surface area contributed by atoms with E-state index < -0.39 is 34.6 Å². The Kier molecular flexibility index (Phi) is 5.67. The van der Waals surface area contributed by atoms with Crippen LogP contribution in [0.3, 0.4) is 0 Å². The first-order chi connectivity index (χ1) is 15.3. The van der Waals surface area contributed by atoms with Crippen molar-refractivity contribution in [2.45, 2.75) is 6.92 Å². The van der Waals surface area contributed by atoms with Crippen LogP contribution < -0.4 is 0 Å². The van der Waals surface area contributed by atoms with Crippen LogP contribution in [-0.2, 0) is 0 Å². The maximum atomic E-state index is 14.4. The molecule has 0 aliphatic heterocycles. The third-order valence-electron chi connectivity index (χ3n) is 4.75. The Morgan fingerprint density at radius 3 is 1.81 bits per heavy atom. The van der Waals surface area contributed by atoms with E-state index in [1.165, 1.54) is 18.2 Å². The average Bonchev–Trinajstić information content (AvgIpc) is 2.76. The van der Waals surface area contributed by atoms with Crippen LogP contribution in [0.25, 0.3) is 10.8 Å². The van der Waals surface area contributed by atoms with Gasteiger partial charge in [0.1, 0.15) is 11.6 Å². The highest BCUT2D eigenvalue weighted by atomic mass is 19.2. The number of hydrogen-bond acceptors (Lipinski definition) is 0. The van der Waals surface area contributed by atoms with Gasteiger partial charge in [0.05, 0.1) is 5.56 Å². The normalized spacial score (nSPS) is 10.3. The standard InChI is InChI=1S/C27H13F5/c1-16-2-4-17(5-3-16)6-7-19-13-23(28)22(24(29)14-19)11-9-18-8-10-21-20(12-18)15-25(30)27(32)26(21)31/h2-5,8,10,12-15H,1H3. The van der Waals surface area contributed by atoms with Crippen LogP contribution >= 0.6 is 0 Å². The number of hydrogen-bond donors (Lipinski definition) is 0. The van der Waals surface area contributed by atoms with E-state index in [4.69, 9.17) is 0 Å². The highest BCUT2D eigenvalue weighted by Gasteiger charge is 2.13. The maximum Gasteiger partial charge on any atom is 0.195 e. The molecule has 4 aromatic rings. The minimum atomic E-state index is -1.56. The minimum absolute atomic E-state index is 0.0795. The van der Waals surface area contributed by atoms with Crippen LogP contribution in [0.4, 0.5) is 22.0 Å². The van der Waals surface area contributed by atoms with Gasteiger partial charge in [-0.15, -0.1) is 0 Å². The quantitative estimate of drug-likeness (QED) is 0.166. The van der Waals surface area contributed by atoms with Crippen molar-refractivity contribution < 1.29 is 22.0 Å². The Balaban J connectivity index is 1.65. The lowest BCUT2D eigenvalue weighted by molar-refractivity contribution is 0.453. The molecule has 0 radical (unpaired) electrons. The fraction of sp³-hybridized carbons (Fsp3) is 0.0370. The average molecular weight is 432 g/mol. The molecule has 0 saturated carbocycles. The Hall–Kier alpha value is -4.09. The molecule has 0 N–H and O–H groups in total. The van der Waals surface area contributed by atoms with Gasteiger partial charge in [-0.05, 0) is 54.8 Å². The second-order valence-electron chi connectivity index (χ2n) is 7.10. The summed E-state index contributed by atoms with van der Waals surface area (Å²) in [6.07, 6.45) is 0. The van der Waals surface area contributed by atoms with Crippen molar-refractivity contribution in [1.29, 1.82) is 0 Å². The SMILES string of the molecule is Cc1ccc(C#Cc2cc(F)c(C#Cc3ccc4c(F)c(F)c(F)cc4c3)c(F)c2)cc1. The number of fused-ring (bicyclic) bond motifs is 1. The molecule has 0 aromatic heterocycles. The predicted octanol–water partition coefficient (Wildman–Crippen LogP) is 6.64. The molecule has 32 heavy (non-hydrogen) atoms. The molecule has 4 aromatic carbocycles. The van der Waals surface area contributed by atoms with Gasteiger partial charge in [0.25, 0.3) is 0 Å². The van der Waals surface area contributed by atoms with Crippen LogP contribution in [0.15, 0.2) is 60.7 Å². The van der Waals surface area contributed by atoms with Crippen LogP contribution in [-0.4, -0.2) is 0 Å². The van der Waals surface area contributed by atoms with Gasteiger partial charge in [0.15, 0.2) is 17.5 Å². The van der Waals surface area contributed by atoms with Crippen molar-refractivity contribution in [2.75, 3.05) is 0 Å². The summed E-state index contributed by atoms with van der Waals surface area (Å²) in [5.41, 5.74) is 1.74. The molecule has 0 fully saturated rings. The largest absolute Gasteiger partial charge is 0.205 e. The lowest BCUT2D eigenvalue weighted by atomic mass is 10.1. The van der Waals surface area contributed by atoms with Gasteiger partial charge in [-0.25, -0.2) is 22.0 Å². The molecule has 0 nitrogen and oxygen atoms in total. The zero-order valence-electron chi connectivity index (χ0n) is 16.7. The van der Waals surface area contributed by atoms with Gasteiger partial charge in [-0.3, -0.25) is 0 Å². The van der Waals surface area contributed by atoms with Gasteiger partial charge in [-0.2, -0.15) is 0 Å². The Morgan fingerprint density at radius 1 is 0.531 bits per heavy atom. The van der Waals surface area contributed by atoms with Gasteiger partial charge < -0.3 is 0 Å². The topological polar surface area (TPSA) is 0 Å². The zero-order valence-corrected chi connectivity index (χ0v) is 16.7. The monoisotopic (exact) mass is 432 g/mol. The third kappa shape index (κ3) is 4.33. The van der Waals surface area contributed by atoms with Crippen molar-refractivity contribution in [2.24, 2.45) is 0 Å². The van der Waals surface area contributed by atoms with E-state index in [1.54, 1.807) is 0 Å². The van der Waals surface area contributed by atoms with Gasteiger partial charge in [-0.1, -0.05) is 47.4 Å². The minimum Gasteiger partial charge on any atom is -0.205 e. The van der Waals surface area contributed by atoms with Crippen LogP contribution in [0, 0.1) is 59.7 Å². The van der Waals surface area contributed by atoms with E-state index >= 15 is 0 Å². The Bertz CT molecular complexity index is 1450. The summed E-state index contributed by atoms with van der Waals surface area (Å²) in [4.78, 5) is 0. The molecule has 0 saturated heterocycles. The molecule has 0 bridgehead atoms. The van der Waals surface area contributed by atoms with Crippen molar-refractivity contribution >= 4 is 10.8 Å². The van der Waals surface area contributed by atoms with Crippen LogP contribution in [0.5, 0.6) is 0 Å². The van der Waals surface area contributed by atoms with E-state index in [9.17, 15) is 22.0 Å². The van der Waals surface area contributed by atoms with Crippen molar-refractivity contribution in [1.82, 2.24) is 0 Å². The molecule has 0 aliphatic rings. The first kappa shape index (κ1) is 21.2. The van der Waals surface area contributed by atoms with E-state index in [-0.39, 0.29) is 21.9 Å². The fourth-order valence-corrected chi connectivity index (χ4v) is 3.06. The molecule has 0 atom stereocenters. The Labute approximate surface area is 181 Å². The summed E-state index contributed by atoms with van der Waals surface area (Å²) in [5, 5.41) is -0.0424. The first-order valence-electron chi connectivity index (χ1n) is 9.49. The molecular formula is C27H13F5. The molecule has 0 amide bonds. The van der Waals surface area contributed by atoms with Crippen LogP contribution in [0.1, 0.15) is 27.8 Å². The molecule has 0 unspecified atom stereocenters. The highest BCUT2D eigenvalue weighted by molar-refractivity contribution is 5.84. The molecule has 156 valence electrons. The van der Waals surface area contributed by atoms with Crippen molar-refractivity contribution in [3.05, 3.63) is 118 Å². The maximum absolute atomic E-state index is 14.4. The van der Waals surface area contributed by atoms with E-state index in [0.29, 0.717) is 5.56 Å². The summed E-state index contributed by atoms with van der Waals surface area (Å²) in [7, 11) is 0. The number of rotatable bonds is 0. The summed E-state index contributed by atoms with van der Waals surface area (Å²) in [5.74, 6) is 4.56. The van der Waals surface area contributed by atoms with Crippen molar-refractivity contribution in [3.8, 4) is 23.7 Å². The second-order valence-corrected chi connectivity index (χ2v) is 7.10. The number of benzene rings is 4. The second kappa shape index (κ2) is 8.57. The van der Waals surface area contributed by atoms with Crippen LogP contribution in [0.2, 0.25) is 0 Å². The Morgan fingerprint density at radius 2 is 1.12 bits per heavy atom. The van der Waals surface area contributed by atoms with E-state index in [2.05, 4.69) is 23.7 Å². The fourth-order valence-electron chi connectivity index (χ4n) is 3.06. The zero-order chi connectivity index (χ0) is 22.8. The van der Waals surface area contributed by atoms with Gasteiger partial charge >= 0.3 is 0 Å². The van der Waals surface area contributed by atoms with Gasteiger partial charge in [0, 0.05) is 22.1 Å². The number of aryl methyl sites for hydroxylation is 1. The third-order valence-corrected chi connectivity index (χ3v) is 4.75. The molecular weight excluding hydrogens is 419 g/mol. The smallest absolute Gasteiger partial charge is 0.195 e. The summed E-state index contributed by atoms with van der Waals surface area (Å²) in [6.45, 7) is 1.94. The molecule has 0 aliphatic carbocycles. The van der Waals surface area contributed by atoms with Crippen molar-refractivity contribution in [3.63, 3.8) is 0 Å². The molecule has 0 heterocycles. The first-order valence-corrected chi connectivity index (χ1v) is 9.49. The lowest BCUT2D eigenvalue weighted by Crippen LogP contribution is -1.93. The molecule has 0 spiro atoms. The summed E-state index contributed by atoms with van der Waals surface area (Å²) >= 11 is 0. The van der Waals surface area contributed by atoms with E-state index in [0.717, 1.165) is 23.8 Å². The molecule has 5 heteroatoms. The lowest BCUT2D eigenvalue weighted by Gasteiger charge is -2.03. The summed E-state index contributed by atoms with van der Waals surface area (Å²) in [6, 6.07) is 14.3. The van der Waals surface area contributed by atoms with Gasteiger partial charge in [0.2, 0.25) is 0 Å².